The van der Waals surface area contributed by atoms with Gasteiger partial charge in [0.1, 0.15) is 11.6 Å². The Balaban J connectivity index is 2.44. The number of carbonyl (C=O) groups excluding carboxylic acids is 1. The van der Waals surface area contributed by atoms with E-state index in [2.05, 4.69) is 5.32 Å². The van der Waals surface area contributed by atoms with Gasteiger partial charge >= 0.3 is 5.97 Å². The summed E-state index contributed by atoms with van der Waals surface area (Å²) in [7, 11) is 1.93. The molecular weight excluding hydrogens is 279 g/mol. The van der Waals surface area contributed by atoms with Gasteiger partial charge in [-0.15, -0.1) is 0 Å². The summed E-state index contributed by atoms with van der Waals surface area (Å²) in [6.45, 7) is 3.79. The van der Waals surface area contributed by atoms with Crippen molar-refractivity contribution in [2.45, 2.75) is 6.92 Å². The molecule has 0 aliphatic heterocycles. The number of carboxylic acids is 1. The summed E-state index contributed by atoms with van der Waals surface area (Å²) in [5, 5.41) is 11.5. The van der Waals surface area contributed by atoms with Gasteiger partial charge in [-0.3, -0.25) is 4.79 Å². The zero-order valence-corrected chi connectivity index (χ0v) is 12.1. The maximum Gasteiger partial charge on any atom is 0.335 e. The number of aromatic carboxylic acids is 1. The molecule has 6 nitrogen and oxygen atoms in total. The Kier molecular flexibility index (Phi) is 6.61. The lowest BCUT2D eigenvalue weighted by Gasteiger charge is -2.14. The first-order valence-corrected chi connectivity index (χ1v) is 6.54. The molecule has 1 aromatic rings. The molecule has 21 heavy (non-hydrogen) atoms. The highest BCUT2D eigenvalue weighted by Crippen LogP contribution is 2.16. The van der Waals surface area contributed by atoms with E-state index < -0.39 is 11.8 Å². The van der Waals surface area contributed by atoms with Crippen molar-refractivity contribution in [3.63, 3.8) is 0 Å². The van der Waals surface area contributed by atoms with Gasteiger partial charge in [-0.2, -0.15) is 0 Å². The van der Waals surface area contributed by atoms with Crippen molar-refractivity contribution in [2.75, 3.05) is 33.3 Å². The summed E-state index contributed by atoms with van der Waals surface area (Å²) < 4.78 is 18.3. The molecule has 0 heterocycles. The molecule has 0 aliphatic rings. The molecule has 0 aliphatic carbocycles. The fourth-order valence-corrected chi connectivity index (χ4v) is 1.51. The van der Waals surface area contributed by atoms with Gasteiger partial charge in [-0.25, -0.2) is 9.18 Å². The second-order valence-corrected chi connectivity index (χ2v) is 4.52. The molecule has 0 fully saturated rings. The minimum absolute atomic E-state index is 0.00762. The third-order valence-electron chi connectivity index (χ3n) is 2.84. The molecule has 0 bridgehead atoms. The van der Waals surface area contributed by atoms with Crippen LogP contribution in [0.15, 0.2) is 18.2 Å². The van der Waals surface area contributed by atoms with Crippen molar-refractivity contribution >= 4 is 11.9 Å². The summed E-state index contributed by atoms with van der Waals surface area (Å²) in [6, 6.07) is 3.09. The number of hydrogen-bond acceptors (Lipinski definition) is 4. The van der Waals surface area contributed by atoms with E-state index in [0.29, 0.717) is 13.1 Å². The summed E-state index contributed by atoms with van der Waals surface area (Å²) >= 11 is 0. The molecule has 1 amide bonds. The van der Waals surface area contributed by atoms with Crippen LogP contribution in [0.3, 0.4) is 0 Å². The maximum atomic E-state index is 13.2. The average Bonchev–Trinajstić information content (AvgIpc) is 2.44. The largest absolute Gasteiger partial charge is 0.484 e. The first kappa shape index (κ1) is 16.9. The second-order valence-electron chi connectivity index (χ2n) is 4.52. The molecule has 7 heteroatoms. The normalized spacial score (nSPS) is 10.5. The first-order chi connectivity index (χ1) is 9.92. The minimum Gasteiger partial charge on any atom is -0.484 e. The van der Waals surface area contributed by atoms with E-state index in [-0.39, 0.29) is 23.8 Å². The predicted octanol–water partition coefficient (Wildman–Crippen LogP) is 0.971. The smallest absolute Gasteiger partial charge is 0.335 e. The molecule has 0 spiro atoms. The van der Waals surface area contributed by atoms with Crippen LogP contribution in [-0.4, -0.2) is 55.2 Å². The molecule has 0 saturated carbocycles. The number of hydrogen-bond donors (Lipinski definition) is 2. The number of carbonyl (C=O) groups is 2. The van der Waals surface area contributed by atoms with Crippen LogP contribution in [0.25, 0.3) is 0 Å². The van der Waals surface area contributed by atoms with Crippen LogP contribution < -0.4 is 10.1 Å². The quantitative estimate of drug-likeness (QED) is 0.747. The van der Waals surface area contributed by atoms with E-state index in [1.54, 1.807) is 0 Å². The van der Waals surface area contributed by atoms with Gasteiger partial charge < -0.3 is 20.1 Å². The lowest BCUT2D eigenvalue weighted by molar-refractivity contribution is -0.123. The van der Waals surface area contributed by atoms with Gasteiger partial charge in [0, 0.05) is 19.2 Å². The number of likely N-dealkylation sites (N-methyl/N-ethyl adjacent to an activating group) is 1. The van der Waals surface area contributed by atoms with Crippen molar-refractivity contribution in [1.29, 1.82) is 0 Å². The van der Waals surface area contributed by atoms with Gasteiger partial charge in [0.15, 0.2) is 6.61 Å². The van der Waals surface area contributed by atoms with Crippen molar-refractivity contribution in [3.05, 3.63) is 29.6 Å². The highest BCUT2D eigenvalue weighted by atomic mass is 19.1. The Morgan fingerprint density at radius 3 is 2.71 bits per heavy atom. The van der Waals surface area contributed by atoms with Gasteiger partial charge in [0.05, 0.1) is 5.56 Å². The number of ether oxygens (including phenoxy) is 1. The summed E-state index contributed by atoms with van der Waals surface area (Å²) in [6.07, 6.45) is 0. The molecule has 116 valence electrons. The summed E-state index contributed by atoms with van der Waals surface area (Å²) in [4.78, 5) is 24.3. The highest BCUT2D eigenvalue weighted by molar-refractivity contribution is 5.88. The Bertz CT molecular complexity index is 508. The number of nitrogens with zero attached hydrogens (tertiary/aromatic N) is 1. The van der Waals surface area contributed by atoms with Crippen LogP contribution >= 0.6 is 0 Å². The van der Waals surface area contributed by atoms with Gasteiger partial charge in [-0.05, 0) is 25.7 Å². The zero-order chi connectivity index (χ0) is 15.8. The predicted molar refractivity (Wildman–Crippen MR) is 75.0 cm³/mol. The van der Waals surface area contributed by atoms with Crippen LogP contribution in [0.5, 0.6) is 5.75 Å². The second kappa shape index (κ2) is 8.21. The topological polar surface area (TPSA) is 78.9 Å². The maximum absolute atomic E-state index is 13.2. The van der Waals surface area contributed by atoms with Crippen LogP contribution in [-0.2, 0) is 4.79 Å². The van der Waals surface area contributed by atoms with E-state index in [1.165, 1.54) is 6.07 Å². The van der Waals surface area contributed by atoms with E-state index in [4.69, 9.17) is 9.84 Å². The van der Waals surface area contributed by atoms with Crippen molar-refractivity contribution in [1.82, 2.24) is 10.2 Å². The van der Waals surface area contributed by atoms with Crippen LogP contribution in [0, 0.1) is 5.82 Å². The third kappa shape index (κ3) is 6.22. The van der Waals surface area contributed by atoms with E-state index in [1.807, 2.05) is 18.9 Å². The number of amides is 1. The standard InChI is InChI=1S/C14H19FN2O4/c1-3-17(2)5-4-16-13(18)9-21-12-7-10(14(19)20)6-11(15)8-12/h6-8H,3-5,9H2,1-2H3,(H,16,18)(H,19,20). The van der Waals surface area contributed by atoms with Gasteiger partial charge in [0.2, 0.25) is 0 Å². The molecular formula is C14H19FN2O4. The molecule has 1 aromatic carbocycles. The zero-order valence-electron chi connectivity index (χ0n) is 12.1. The Morgan fingerprint density at radius 2 is 2.10 bits per heavy atom. The molecule has 0 aromatic heterocycles. The lowest BCUT2D eigenvalue weighted by atomic mass is 10.2. The van der Waals surface area contributed by atoms with Crippen molar-refractivity contribution in [2.24, 2.45) is 0 Å². The summed E-state index contributed by atoms with van der Waals surface area (Å²) in [5.41, 5.74) is -0.227. The average molecular weight is 298 g/mol. The monoisotopic (exact) mass is 298 g/mol. The van der Waals surface area contributed by atoms with Crippen molar-refractivity contribution in [3.8, 4) is 5.75 Å². The molecule has 0 unspecified atom stereocenters. The Labute approximate surface area is 122 Å². The number of benzene rings is 1. The van der Waals surface area contributed by atoms with E-state index >= 15 is 0 Å². The van der Waals surface area contributed by atoms with Crippen LogP contribution in [0.1, 0.15) is 17.3 Å². The number of nitrogens with one attached hydrogen (secondary N) is 1. The number of halogens is 1. The minimum atomic E-state index is -1.26. The number of carboxylic acid groups (broad SMARTS) is 1. The fourth-order valence-electron chi connectivity index (χ4n) is 1.51. The van der Waals surface area contributed by atoms with E-state index in [9.17, 15) is 14.0 Å². The molecule has 2 N–H and O–H groups in total. The first-order valence-electron chi connectivity index (χ1n) is 6.54. The third-order valence-corrected chi connectivity index (χ3v) is 2.84. The SMILES string of the molecule is CCN(C)CCNC(=O)COc1cc(F)cc(C(=O)O)c1. The van der Waals surface area contributed by atoms with Crippen molar-refractivity contribution < 1.29 is 23.8 Å². The summed E-state index contributed by atoms with van der Waals surface area (Å²) in [5.74, 6) is -2.32. The molecule has 0 saturated heterocycles. The molecule has 0 atom stereocenters. The molecule has 0 radical (unpaired) electrons. The lowest BCUT2D eigenvalue weighted by Crippen LogP contribution is -2.35. The fraction of sp³-hybridized carbons (Fsp3) is 0.429. The highest BCUT2D eigenvalue weighted by Gasteiger charge is 2.09. The van der Waals surface area contributed by atoms with Crippen LogP contribution in [0.2, 0.25) is 0 Å². The Hall–Kier alpha value is -2.15. The van der Waals surface area contributed by atoms with Gasteiger partial charge in [-0.1, -0.05) is 6.92 Å². The Morgan fingerprint density at radius 1 is 1.38 bits per heavy atom. The van der Waals surface area contributed by atoms with E-state index in [0.717, 1.165) is 18.7 Å². The van der Waals surface area contributed by atoms with Crippen LogP contribution in [0.4, 0.5) is 4.39 Å². The number of rotatable bonds is 8. The molecule has 1 rings (SSSR count). The van der Waals surface area contributed by atoms with Gasteiger partial charge in [0.25, 0.3) is 5.91 Å².